The van der Waals surface area contributed by atoms with E-state index in [0.29, 0.717) is 5.56 Å². The van der Waals surface area contributed by atoms with Crippen LogP contribution in [0.5, 0.6) is 0 Å². The van der Waals surface area contributed by atoms with Gasteiger partial charge in [0.05, 0.1) is 5.56 Å². The van der Waals surface area contributed by atoms with Gasteiger partial charge in [0, 0.05) is 17.8 Å². The van der Waals surface area contributed by atoms with E-state index >= 15 is 0 Å². The van der Waals surface area contributed by atoms with Crippen LogP contribution in [0.2, 0.25) is 0 Å². The molecule has 0 aliphatic rings. The van der Waals surface area contributed by atoms with Gasteiger partial charge in [0.2, 0.25) is 5.56 Å². The van der Waals surface area contributed by atoms with Crippen molar-refractivity contribution in [3.8, 4) is 11.1 Å². The molecule has 0 fully saturated rings. The molecule has 1 aromatic heterocycles. The van der Waals surface area contributed by atoms with Gasteiger partial charge in [-0.25, -0.2) is 4.79 Å². The van der Waals surface area contributed by atoms with Gasteiger partial charge < -0.3 is 10.1 Å². The van der Waals surface area contributed by atoms with Crippen LogP contribution in [0.15, 0.2) is 41.3 Å². The summed E-state index contributed by atoms with van der Waals surface area (Å²) in [5, 5.41) is 9.18. The number of aromatic amines is 1. The molecule has 0 unspecified atom stereocenters. The Morgan fingerprint density at radius 1 is 1.15 bits per heavy atom. The zero-order chi connectivity index (χ0) is 14.9. The number of carboxylic acid groups (broad SMARTS) is 1. The smallest absolute Gasteiger partial charge is 0.336 e. The average molecular weight is 271 g/mol. The third-order valence-corrected chi connectivity index (χ3v) is 3.22. The number of rotatable bonds is 2. The van der Waals surface area contributed by atoms with Gasteiger partial charge in [0.25, 0.3) is 0 Å². The number of H-pyrrole nitrogens is 1. The Hall–Kier alpha value is -2.36. The molecule has 0 amide bonds. The molecule has 1 heterocycles. The number of pyridine rings is 1. The van der Waals surface area contributed by atoms with Crippen molar-refractivity contribution in [1.29, 1.82) is 0 Å². The zero-order valence-electron chi connectivity index (χ0n) is 11.7. The van der Waals surface area contributed by atoms with Crippen molar-refractivity contribution in [1.82, 2.24) is 4.98 Å². The van der Waals surface area contributed by atoms with E-state index in [1.165, 1.54) is 11.8 Å². The van der Waals surface area contributed by atoms with Crippen LogP contribution in [0.1, 0.15) is 36.7 Å². The molecule has 0 aliphatic carbocycles. The second-order valence-electron chi connectivity index (χ2n) is 5.76. The van der Waals surface area contributed by atoms with Crippen LogP contribution in [0.4, 0.5) is 0 Å². The topological polar surface area (TPSA) is 70.2 Å². The fraction of sp³-hybridized carbons (Fsp3) is 0.250. The van der Waals surface area contributed by atoms with Crippen LogP contribution in [0, 0.1) is 0 Å². The Labute approximate surface area is 117 Å². The standard InChI is InChI=1S/C16H17NO3/c1-16(2,3)11-6-4-10(5-7-11)13-9-17-14(18)8-12(13)15(19)20/h4-9H,1-3H3,(H,17,18)(H,19,20). The molecule has 4 heteroatoms. The molecule has 0 saturated carbocycles. The van der Waals surface area contributed by atoms with Crippen LogP contribution in [-0.4, -0.2) is 16.1 Å². The van der Waals surface area contributed by atoms with E-state index in [1.807, 2.05) is 24.3 Å². The predicted octanol–water partition coefficient (Wildman–Crippen LogP) is 3.04. The van der Waals surface area contributed by atoms with Crippen LogP contribution in [-0.2, 0) is 5.41 Å². The number of aromatic carboxylic acids is 1. The summed E-state index contributed by atoms with van der Waals surface area (Å²) in [5.74, 6) is -1.11. The summed E-state index contributed by atoms with van der Waals surface area (Å²) in [6.45, 7) is 6.35. The number of hydrogen-bond acceptors (Lipinski definition) is 2. The van der Waals surface area contributed by atoms with Gasteiger partial charge in [-0.2, -0.15) is 0 Å². The molecule has 0 spiro atoms. The first-order valence-electron chi connectivity index (χ1n) is 6.36. The molecule has 20 heavy (non-hydrogen) atoms. The second kappa shape index (κ2) is 4.96. The lowest BCUT2D eigenvalue weighted by Crippen LogP contribution is -2.11. The highest BCUT2D eigenvalue weighted by molar-refractivity contribution is 5.95. The van der Waals surface area contributed by atoms with E-state index in [9.17, 15) is 14.7 Å². The maximum atomic E-state index is 11.2. The monoisotopic (exact) mass is 271 g/mol. The minimum Gasteiger partial charge on any atom is -0.478 e. The predicted molar refractivity (Wildman–Crippen MR) is 78.2 cm³/mol. The Morgan fingerprint density at radius 3 is 2.25 bits per heavy atom. The molecule has 0 aliphatic heterocycles. The van der Waals surface area contributed by atoms with E-state index in [2.05, 4.69) is 25.8 Å². The molecule has 2 N–H and O–H groups in total. The molecular weight excluding hydrogens is 254 g/mol. The number of carbonyl (C=O) groups is 1. The van der Waals surface area contributed by atoms with E-state index in [1.54, 1.807) is 0 Å². The molecule has 0 atom stereocenters. The highest BCUT2D eigenvalue weighted by atomic mass is 16.4. The summed E-state index contributed by atoms with van der Waals surface area (Å²) in [6, 6.07) is 8.81. The number of carboxylic acids is 1. The largest absolute Gasteiger partial charge is 0.478 e. The first-order valence-corrected chi connectivity index (χ1v) is 6.36. The minimum atomic E-state index is -1.11. The van der Waals surface area contributed by atoms with Gasteiger partial charge in [-0.1, -0.05) is 45.0 Å². The molecule has 2 aromatic rings. The Balaban J connectivity index is 2.52. The molecule has 104 valence electrons. The summed E-state index contributed by atoms with van der Waals surface area (Å²) in [4.78, 5) is 25.0. The van der Waals surface area contributed by atoms with Crippen molar-refractivity contribution in [2.45, 2.75) is 26.2 Å². The quantitative estimate of drug-likeness (QED) is 0.882. The fourth-order valence-electron chi connectivity index (χ4n) is 2.04. The van der Waals surface area contributed by atoms with Gasteiger partial charge in [-0.3, -0.25) is 4.79 Å². The Morgan fingerprint density at radius 2 is 1.75 bits per heavy atom. The molecule has 0 radical (unpaired) electrons. The second-order valence-corrected chi connectivity index (χ2v) is 5.76. The van der Waals surface area contributed by atoms with Crippen LogP contribution in [0.25, 0.3) is 11.1 Å². The maximum Gasteiger partial charge on any atom is 0.336 e. The van der Waals surface area contributed by atoms with Crippen LogP contribution >= 0.6 is 0 Å². The molecule has 2 rings (SSSR count). The Bertz CT molecular complexity index is 691. The van der Waals surface area contributed by atoms with Crippen molar-refractivity contribution < 1.29 is 9.90 Å². The third kappa shape index (κ3) is 2.79. The van der Waals surface area contributed by atoms with Gasteiger partial charge in [0.15, 0.2) is 0 Å². The normalized spacial score (nSPS) is 11.3. The van der Waals surface area contributed by atoms with Gasteiger partial charge >= 0.3 is 5.97 Å². The van der Waals surface area contributed by atoms with E-state index < -0.39 is 11.5 Å². The number of hydrogen-bond donors (Lipinski definition) is 2. The lowest BCUT2D eigenvalue weighted by atomic mass is 9.86. The molecule has 1 aromatic carbocycles. The summed E-state index contributed by atoms with van der Waals surface area (Å²) >= 11 is 0. The molecular formula is C16H17NO3. The number of aromatic nitrogens is 1. The van der Waals surface area contributed by atoms with E-state index in [4.69, 9.17) is 0 Å². The van der Waals surface area contributed by atoms with Crippen molar-refractivity contribution >= 4 is 5.97 Å². The van der Waals surface area contributed by atoms with Crippen molar-refractivity contribution in [2.24, 2.45) is 0 Å². The van der Waals surface area contributed by atoms with Crippen molar-refractivity contribution in [3.63, 3.8) is 0 Å². The Kier molecular flexibility index (Phi) is 3.49. The lowest BCUT2D eigenvalue weighted by molar-refractivity contribution is 0.0697. The number of benzene rings is 1. The average Bonchev–Trinajstić information content (AvgIpc) is 2.37. The van der Waals surface area contributed by atoms with Gasteiger partial charge in [-0.15, -0.1) is 0 Å². The SMILES string of the molecule is CC(C)(C)c1ccc(-c2c[nH]c(=O)cc2C(=O)O)cc1. The van der Waals surface area contributed by atoms with Crippen LogP contribution < -0.4 is 5.56 Å². The summed E-state index contributed by atoms with van der Waals surface area (Å²) in [6.07, 6.45) is 1.44. The first-order chi connectivity index (χ1) is 9.29. The highest BCUT2D eigenvalue weighted by Gasteiger charge is 2.15. The maximum absolute atomic E-state index is 11.2. The fourth-order valence-corrected chi connectivity index (χ4v) is 2.04. The lowest BCUT2D eigenvalue weighted by Gasteiger charge is -2.19. The zero-order valence-corrected chi connectivity index (χ0v) is 11.7. The first kappa shape index (κ1) is 14.1. The summed E-state index contributed by atoms with van der Waals surface area (Å²) < 4.78 is 0. The van der Waals surface area contributed by atoms with Gasteiger partial charge in [0.1, 0.15) is 0 Å². The number of nitrogens with one attached hydrogen (secondary N) is 1. The summed E-state index contributed by atoms with van der Waals surface area (Å²) in [5.41, 5.74) is 2.08. The van der Waals surface area contributed by atoms with Crippen LogP contribution in [0.3, 0.4) is 0 Å². The molecule has 0 bridgehead atoms. The minimum absolute atomic E-state index is 0.0114. The van der Waals surface area contributed by atoms with E-state index in [0.717, 1.165) is 11.6 Å². The highest BCUT2D eigenvalue weighted by Crippen LogP contribution is 2.27. The summed E-state index contributed by atoms with van der Waals surface area (Å²) in [7, 11) is 0. The van der Waals surface area contributed by atoms with Crippen molar-refractivity contribution in [3.05, 3.63) is 58.0 Å². The van der Waals surface area contributed by atoms with Gasteiger partial charge in [-0.05, 0) is 16.5 Å². The van der Waals surface area contributed by atoms with Crippen molar-refractivity contribution in [2.75, 3.05) is 0 Å². The molecule has 0 saturated heterocycles. The molecule has 4 nitrogen and oxygen atoms in total. The third-order valence-electron chi connectivity index (χ3n) is 3.22. The van der Waals surface area contributed by atoms with E-state index in [-0.39, 0.29) is 11.0 Å².